The summed E-state index contributed by atoms with van der Waals surface area (Å²) >= 11 is 0. The highest BCUT2D eigenvalue weighted by Gasteiger charge is 2.16. The van der Waals surface area contributed by atoms with Gasteiger partial charge in [-0.05, 0) is 51.2 Å². The molecule has 0 amide bonds. The predicted octanol–water partition coefficient (Wildman–Crippen LogP) is 2.37. The van der Waals surface area contributed by atoms with Gasteiger partial charge in [0.1, 0.15) is 5.75 Å². The van der Waals surface area contributed by atoms with Crippen LogP contribution < -0.4 is 10.1 Å². The summed E-state index contributed by atoms with van der Waals surface area (Å²) in [5.74, 6) is 1.55. The molecule has 0 saturated carbocycles. The predicted molar refractivity (Wildman–Crippen MR) is 77.0 cm³/mol. The van der Waals surface area contributed by atoms with Crippen LogP contribution in [0.4, 0.5) is 0 Å². The Morgan fingerprint density at radius 3 is 2.33 bits per heavy atom. The average molecular weight is 250 g/mol. The maximum atomic E-state index is 5.17. The standard InChI is InChI=1S/C15H26N2O/c1-12(10-16-3)13(2)17(4)11-14-6-8-15(18-5)9-7-14/h6-9,12-13,16H,10-11H2,1-5H3. The Morgan fingerprint density at radius 2 is 1.83 bits per heavy atom. The van der Waals surface area contributed by atoms with Crippen molar-refractivity contribution in [3.05, 3.63) is 29.8 Å². The first kappa shape index (κ1) is 15.0. The zero-order valence-corrected chi connectivity index (χ0v) is 12.2. The Balaban J connectivity index is 2.54. The number of rotatable bonds is 7. The second-order valence-electron chi connectivity index (χ2n) is 5.04. The molecule has 2 unspecified atom stereocenters. The summed E-state index contributed by atoms with van der Waals surface area (Å²) in [4.78, 5) is 2.39. The molecule has 2 atom stereocenters. The van der Waals surface area contributed by atoms with Crippen molar-refractivity contribution < 1.29 is 4.74 Å². The molecule has 1 aromatic rings. The molecule has 0 heterocycles. The minimum Gasteiger partial charge on any atom is -0.497 e. The molecule has 1 N–H and O–H groups in total. The van der Waals surface area contributed by atoms with E-state index in [4.69, 9.17) is 4.74 Å². The largest absolute Gasteiger partial charge is 0.497 e. The van der Waals surface area contributed by atoms with Gasteiger partial charge in [-0.2, -0.15) is 0 Å². The Hall–Kier alpha value is -1.06. The zero-order chi connectivity index (χ0) is 13.5. The summed E-state index contributed by atoms with van der Waals surface area (Å²) in [5, 5.41) is 3.24. The summed E-state index contributed by atoms with van der Waals surface area (Å²) in [6.07, 6.45) is 0. The molecular weight excluding hydrogens is 224 g/mol. The lowest BCUT2D eigenvalue weighted by Gasteiger charge is -2.29. The fourth-order valence-corrected chi connectivity index (χ4v) is 2.09. The molecule has 0 radical (unpaired) electrons. The lowest BCUT2D eigenvalue weighted by molar-refractivity contribution is 0.190. The van der Waals surface area contributed by atoms with Crippen molar-refractivity contribution in [1.82, 2.24) is 10.2 Å². The number of ether oxygens (including phenoxy) is 1. The molecule has 18 heavy (non-hydrogen) atoms. The molecule has 0 aromatic heterocycles. The van der Waals surface area contributed by atoms with Gasteiger partial charge in [0.05, 0.1) is 7.11 Å². The topological polar surface area (TPSA) is 24.5 Å². The van der Waals surface area contributed by atoms with Crippen LogP contribution in [0.3, 0.4) is 0 Å². The third-order valence-electron chi connectivity index (χ3n) is 3.64. The maximum absolute atomic E-state index is 5.17. The van der Waals surface area contributed by atoms with Gasteiger partial charge in [-0.1, -0.05) is 19.1 Å². The van der Waals surface area contributed by atoms with Gasteiger partial charge >= 0.3 is 0 Å². The van der Waals surface area contributed by atoms with Crippen molar-refractivity contribution in [3.63, 3.8) is 0 Å². The molecule has 1 rings (SSSR count). The van der Waals surface area contributed by atoms with Crippen LogP contribution in [0.15, 0.2) is 24.3 Å². The first-order valence-corrected chi connectivity index (χ1v) is 6.56. The van der Waals surface area contributed by atoms with Crippen molar-refractivity contribution in [3.8, 4) is 5.75 Å². The number of hydrogen-bond acceptors (Lipinski definition) is 3. The van der Waals surface area contributed by atoms with Crippen LogP contribution in [-0.2, 0) is 6.54 Å². The van der Waals surface area contributed by atoms with E-state index in [-0.39, 0.29) is 0 Å². The lowest BCUT2D eigenvalue weighted by Crippen LogP contribution is -2.37. The summed E-state index contributed by atoms with van der Waals surface area (Å²) < 4.78 is 5.17. The first-order valence-electron chi connectivity index (χ1n) is 6.56. The second-order valence-corrected chi connectivity index (χ2v) is 5.04. The van der Waals surface area contributed by atoms with E-state index in [1.165, 1.54) is 5.56 Å². The van der Waals surface area contributed by atoms with Gasteiger partial charge in [-0.15, -0.1) is 0 Å². The molecule has 102 valence electrons. The van der Waals surface area contributed by atoms with Crippen molar-refractivity contribution in [2.75, 3.05) is 27.7 Å². The highest BCUT2D eigenvalue weighted by Crippen LogP contribution is 2.15. The molecule has 0 saturated heterocycles. The van der Waals surface area contributed by atoms with E-state index in [1.807, 2.05) is 19.2 Å². The first-order chi connectivity index (χ1) is 8.58. The number of nitrogens with zero attached hydrogens (tertiary/aromatic N) is 1. The Kier molecular flexibility index (Phi) is 6.16. The molecule has 0 spiro atoms. The second kappa shape index (κ2) is 7.39. The van der Waals surface area contributed by atoms with Crippen molar-refractivity contribution in [2.24, 2.45) is 5.92 Å². The van der Waals surface area contributed by atoms with Crippen LogP contribution in [0.2, 0.25) is 0 Å². The normalized spacial score (nSPS) is 14.6. The van der Waals surface area contributed by atoms with Gasteiger partial charge in [-0.25, -0.2) is 0 Å². The van der Waals surface area contributed by atoms with E-state index in [0.29, 0.717) is 12.0 Å². The quantitative estimate of drug-likeness (QED) is 0.804. The molecular formula is C15H26N2O. The smallest absolute Gasteiger partial charge is 0.118 e. The third kappa shape index (κ3) is 4.31. The van der Waals surface area contributed by atoms with Gasteiger partial charge in [-0.3, -0.25) is 4.90 Å². The van der Waals surface area contributed by atoms with Gasteiger partial charge in [0, 0.05) is 12.6 Å². The SMILES string of the molecule is CNCC(C)C(C)N(C)Cc1ccc(OC)cc1. The number of benzene rings is 1. The van der Waals surface area contributed by atoms with E-state index >= 15 is 0 Å². The van der Waals surface area contributed by atoms with Crippen LogP contribution in [0, 0.1) is 5.92 Å². The summed E-state index contributed by atoms with van der Waals surface area (Å²) in [7, 11) is 5.89. The molecule has 0 aliphatic carbocycles. The Labute approximate surface area is 111 Å². The maximum Gasteiger partial charge on any atom is 0.118 e. The fourth-order valence-electron chi connectivity index (χ4n) is 2.09. The molecule has 0 aliphatic heterocycles. The summed E-state index contributed by atoms with van der Waals surface area (Å²) in [5.41, 5.74) is 1.32. The van der Waals surface area contributed by atoms with E-state index in [0.717, 1.165) is 18.8 Å². The molecule has 3 heteroatoms. The minimum absolute atomic E-state index is 0.555. The van der Waals surface area contributed by atoms with Crippen molar-refractivity contribution in [1.29, 1.82) is 0 Å². The molecule has 0 fully saturated rings. The highest BCUT2D eigenvalue weighted by molar-refractivity contribution is 5.27. The Morgan fingerprint density at radius 1 is 1.22 bits per heavy atom. The van der Waals surface area contributed by atoms with Gasteiger partial charge < -0.3 is 10.1 Å². The molecule has 3 nitrogen and oxygen atoms in total. The number of hydrogen-bond donors (Lipinski definition) is 1. The molecule has 0 aliphatic rings. The highest BCUT2D eigenvalue weighted by atomic mass is 16.5. The Bertz CT molecular complexity index is 337. The van der Waals surface area contributed by atoms with E-state index in [1.54, 1.807) is 7.11 Å². The van der Waals surface area contributed by atoms with E-state index < -0.39 is 0 Å². The van der Waals surface area contributed by atoms with Crippen molar-refractivity contribution in [2.45, 2.75) is 26.4 Å². The van der Waals surface area contributed by atoms with Gasteiger partial charge in [0.25, 0.3) is 0 Å². The van der Waals surface area contributed by atoms with Crippen LogP contribution in [0.1, 0.15) is 19.4 Å². The molecule has 1 aromatic carbocycles. The number of nitrogens with one attached hydrogen (secondary N) is 1. The average Bonchev–Trinajstić information content (AvgIpc) is 2.39. The summed E-state index contributed by atoms with van der Waals surface area (Å²) in [6.45, 7) is 6.59. The van der Waals surface area contributed by atoms with Crippen LogP contribution >= 0.6 is 0 Å². The van der Waals surface area contributed by atoms with Crippen LogP contribution in [0.25, 0.3) is 0 Å². The van der Waals surface area contributed by atoms with E-state index in [9.17, 15) is 0 Å². The molecule has 0 bridgehead atoms. The van der Waals surface area contributed by atoms with Crippen molar-refractivity contribution >= 4 is 0 Å². The van der Waals surface area contributed by atoms with Gasteiger partial charge in [0.2, 0.25) is 0 Å². The zero-order valence-electron chi connectivity index (χ0n) is 12.2. The van der Waals surface area contributed by atoms with Crippen LogP contribution in [0.5, 0.6) is 5.75 Å². The van der Waals surface area contributed by atoms with Crippen LogP contribution in [-0.4, -0.2) is 38.7 Å². The monoisotopic (exact) mass is 250 g/mol. The minimum atomic E-state index is 0.555. The van der Waals surface area contributed by atoms with Gasteiger partial charge in [0.15, 0.2) is 0 Å². The van der Waals surface area contributed by atoms with E-state index in [2.05, 4.69) is 43.2 Å². The fraction of sp³-hybridized carbons (Fsp3) is 0.600. The third-order valence-corrected chi connectivity index (χ3v) is 3.64. The number of methoxy groups -OCH3 is 1. The lowest BCUT2D eigenvalue weighted by atomic mass is 10.0. The summed E-state index contributed by atoms with van der Waals surface area (Å²) in [6, 6.07) is 8.85.